The minimum absolute atomic E-state index is 0.0904. The van der Waals surface area contributed by atoms with Crippen LogP contribution in [0.1, 0.15) is 46.0 Å². The Bertz CT molecular complexity index is 838. The number of sulfone groups is 1. The molecule has 0 bridgehead atoms. The summed E-state index contributed by atoms with van der Waals surface area (Å²) >= 11 is 1.41. The number of anilines is 1. The lowest BCUT2D eigenvalue weighted by atomic mass is 10.2. The molecule has 1 aromatic carbocycles. The zero-order valence-electron chi connectivity index (χ0n) is 16.5. The number of amidine groups is 1. The Labute approximate surface area is 171 Å². The minimum atomic E-state index is -3.07. The van der Waals surface area contributed by atoms with Crippen LogP contribution in [0.3, 0.4) is 0 Å². The van der Waals surface area contributed by atoms with E-state index in [0.717, 1.165) is 37.1 Å². The number of hydrogen-bond donors (Lipinski definition) is 0. The van der Waals surface area contributed by atoms with Crippen LogP contribution in [0.25, 0.3) is 0 Å². The molecule has 3 rings (SSSR count). The third kappa shape index (κ3) is 5.08. The number of unbranched alkanes of at least 4 members (excludes halogenated alkanes) is 2. The van der Waals surface area contributed by atoms with Crippen molar-refractivity contribution in [1.29, 1.82) is 0 Å². The summed E-state index contributed by atoms with van der Waals surface area (Å²) in [7, 11) is -3.07. The second-order valence-electron chi connectivity index (χ2n) is 7.26. The number of aliphatic imine (C=N–C) groups is 1. The van der Waals surface area contributed by atoms with Crippen molar-refractivity contribution in [2.75, 3.05) is 23.0 Å². The van der Waals surface area contributed by atoms with Crippen LogP contribution in [0, 0.1) is 0 Å². The molecule has 0 unspecified atom stereocenters. The Morgan fingerprint density at radius 2 is 2.04 bits per heavy atom. The first-order valence-electron chi connectivity index (χ1n) is 9.94. The number of amides is 1. The fourth-order valence-corrected chi connectivity index (χ4v) is 7.35. The SMILES string of the molecule is CCCCOc1cccc(N2C(=NC(=O)CCCC)S[C@H]3CS(=O)(=O)C[C@H]32)c1. The Balaban J connectivity index is 1.87. The molecule has 0 saturated carbocycles. The summed E-state index contributed by atoms with van der Waals surface area (Å²) in [6.07, 6.45) is 4.20. The first kappa shape index (κ1) is 21.2. The molecule has 28 heavy (non-hydrogen) atoms. The van der Waals surface area contributed by atoms with Gasteiger partial charge in [0.05, 0.1) is 24.2 Å². The van der Waals surface area contributed by atoms with Gasteiger partial charge in [0.15, 0.2) is 15.0 Å². The van der Waals surface area contributed by atoms with Gasteiger partial charge in [0.1, 0.15) is 5.75 Å². The standard InChI is InChI=1S/C20H28N2O4S2/c1-3-5-10-19(23)21-20-22(17-13-28(24,25)14-18(17)27-20)15-8-7-9-16(12-15)26-11-6-4-2/h7-9,12,17-18H,3-6,10-11,13-14H2,1-2H3/t17-,18+/m1/s1. The van der Waals surface area contributed by atoms with Gasteiger partial charge in [-0.15, -0.1) is 0 Å². The number of rotatable bonds is 8. The molecule has 6 nitrogen and oxygen atoms in total. The number of ether oxygens (including phenoxy) is 1. The van der Waals surface area contributed by atoms with E-state index in [1.165, 1.54) is 11.8 Å². The van der Waals surface area contributed by atoms with E-state index in [1.54, 1.807) is 0 Å². The highest BCUT2D eigenvalue weighted by molar-refractivity contribution is 8.16. The van der Waals surface area contributed by atoms with Crippen LogP contribution in [-0.2, 0) is 14.6 Å². The normalized spacial score (nSPS) is 24.5. The zero-order chi connectivity index (χ0) is 20.1. The van der Waals surface area contributed by atoms with Crippen molar-refractivity contribution in [3.05, 3.63) is 24.3 Å². The van der Waals surface area contributed by atoms with Crippen molar-refractivity contribution in [3.63, 3.8) is 0 Å². The number of benzene rings is 1. The molecule has 0 radical (unpaired) electrons. The first-order valence-corrected chi connectivity index (χ1v) is 12.6. The van der Waals surface area contributed by atoms with Crippen molar-refractivity contribution in [2.45, 2.75) is 57.2 Å². The van der Waals surface area contributed by atoms with Gasteiger partial charge in [0, 0.05) is 23.4 Å². The van der Waals surface area contributed by atoms with Gasteiger partial charge in [0.25, 0.3) is 0 Å². The van der Waals surface area contributed by atoms with Gasteiger partial charge in [0.2, 0.25) is 5.91 Å². The molecule has 2 aliphatic heterocycles. The second kappa shape index (κ2) is 9.31. The van der Waals surface area contributed by atoms with E-state index in [0.29, 0.717) is 18.2 Å². The van der Waals surface area contributed by atoms with Crippen molar-refractivity contribution < 1.29 is 17.9 Å². The number of fused-ring (bicyclic) bond motifs is 1. The maximum atomic E-state index is 12.3. The zero-order valence-corrected chi connectivity index (χ0v) is 18.1. The summed E-state index contributed by atoms with van der Waals surface area (Å²) in [6.45, 7) is 4.79. The van der Waals surface area contributed by atoms with Crippen molar-refractivity contribution in [2.24, 2.45) is 4.99 Å². The first-order chi connectivity index (χ1) is 13.4. The molecule has 2 atom stereocenters. The lowest BCUT2D eigenvalue weighted by Crippen LogP contribution is -2.37. The van der Waals surface area contributed by atoms with Crippen LogP contribution in [-0.4, -0.2) is 48.9 Å². The van der Waals surface area contributed by atoms with Gasteiger partial charge < -0.3 is 9.64 Å². The highest BCUT2D eigenvalue weighted by Gasteiger charge is 2.49. The lowest BCUT2D eigenvalue weighted by molar-refractivity contribution is -0.117. The monoisotopic (exact) mass is 424 g/mol. The molecule has 0 N–H and O–H groups in total. The van der Waals surface area contributed by atoms with Gasteiger partial charge in [-0.25, -0.2) is 8.42 Å². The van der Waals surface area contributed by atoms with E-state index < -0.39 is 9.84 Å². The second-order valence-corrected chi connectivity index (χ2v) is 10.6. The van der Waals surface area contributed by atoms with E-state index in [1.807, 2.05) is 36.1 Å². The Morgan fingerprint density at radius 1 is 1.25 bits per heavy atom. The topological polar surface area (TPSA) is 76.0 Å². The van der Waals surface area contributed by atoms with E-state index in [9.17, 15) is 13.2 Å². The maximum Gasteiger partial charge on any atom is 0.248 e. The molecule has 154 valence electrons. The number of carbonyl (C=O) groups is 1. The summed E-state index contributed by atoms with van der Waals surface area (Å²) in [4.78, 5) is 18.5. The average molecular weight is 425 g/mol. The van der Waals surface area contributed by atoms with Gasteiger partial charge in [-0.1, -0.05) is 44.5 Å². The van der Waals surface area contributed by atoms with Crippen LogP contribution in [0.4, 0.5) is 5.69 Å². The molecular formula is C20H28N2O4S2. The third-order valence-electron chi connectivity index (χ3n) is 4.89. The summed E-state index contributed by atoms with van der Waals surface area (Å²) in [6, 6.07) is 7.43. The minimum Gasteiger partial charge on any atom is -0.494 e. The quantitative estimate of drug-likeness (QED) is 0.593. The molecule has 1 amide bonds. The number of thioether (sulfide) groups is 1. The summed E-state index contributed by atoms with van der Waals surface area (Å²) in [5.41, 5.74) is 0.827. The van der Waals surface area contributed by atoms with E-state index in [4.69, 9.17) is 4.74 Å². The number of nitrogens with zero attached hydrogens (tertiary/aromatic N) is 2. The fraction of sp³-hybridized carbons (Fsp3) is 0.600. The largest absolute Gasteiger partial charge is 0.494 e. The predicted molar refractivity (Wildman–Crippen MR) is 115 cm³/mol. The molecule has 0 aliphatic carbocycles. The Hall–Kier alpha value is -1.54. The van der Waals surface area contributed by atoms with Gasteiger partial charge in [-0.05, 0) is 25.0 Å². The molecule has 2 saturated heterocycles. The Kier molecular flexibility index (Phi) is 7.04. The molecule has 8 heteroatoms. The summed E-state index contributed by atoms with van der Waals surface area (Å²) < 4.78 is 30.1. The summed E-state index contributed by atoms with van der Waals surface area (Å²) in [5.74, 6) is 0.825. The molecule has 0 aromatic heterocycles. The van der Waals surface area contributed by atoms with E-state index in [-0.39, 0.29) is 28.7 Å². The van der Waals surface area contributed by atoms with Crippen LogP contribution in [0.15, 0.2) is 29.3 Å². The highest BCUT2D eigenvalue weighted by atomic mass is 32.2. The lowest BCUT2D eigenvalue weighted by Gasteiger charge is -2.25. The number of hydrogen-bond acceptors (Lipinski definition) is 5. The van der Waals surface area contributed by atoms with Crippen LogP contribution in [0.2, 0.25) is 0 Å². The molecule has 1 aromatic rings. The van der Waals surface area contributed by atoms with Crippen molar-refractivity contribution in [1.82, 2.24) is 0 Å². The summed E-state index contributed by atoms with van der Waals surface area (Å²) in [5, 5.41) is 0.518. The average Bonchev–Trinajstić information content (AvgIpc) is 3.11. The van der Waals surface area contributed by atoms with Crippen LogP contribution >= 0.6 is 11.8 Å². The highest BCUT2D eigenvalue weighted by Crippen LogP contribution is 2.41. The number of carbonyl (C=O) groups excluding carboxylic acids is 1. The third-order valence-corrected chi connectivity index (χ3v) is 8.10. The fourth-order valence-electron chi connectivity index (χ4n) is 3.41. The van der Waals surface area contributed by atoms with Crippen molar-refractivity contribution >= 4 is 38.4 Å². The van der Waals surface area contributed by atoms with E-state index >= 15 is 0 Å². The molecule has 0 spiro atoms. The smallest absolute Gasteiger partial charge is 0.248 e. The van der Waals surface area contributed by atoms with Gasteiger partial charge in [-0.2, -0.15) is 4.99 Å². The van der Waals surface area contributed by atoms with Crippen LogP contribution in [0.5, 0.6) is 5.75 Å². The van der Waals surface area contributed by atoms with Gasteiger partial charge in [-0.3, -0.25) is 4.79 Å². The van der Waals surface area contributed by atoms with Gasteiger partial charge >= 0.3 is 0 Å². The van der Waals surface area contributed by atoms with E-state index in [2.05, 4.69) is 11.9 Å². The predicted octanol–water partition coefficient (Wildman–Crippen LogP) is 3.66. The Morgan fingerprint density at radius 3 is 2.79 bits per heavy atom. The maximum absolute atomic E-state index is 12.3. The van der Waals surface area contributed by atoms with Crippen molar-refractivity contribution in [3.8, 4) is 5.75 Å². The molecule has 2 aliphatic rings. The molecule has 2 heterocycles. The molecular weight excluding hydrogens is 396 g/mol. The molecule has 2 fully saturated rings. The van der Waals surface area contributed by atoms with Crippen LogP contribution < -0.4 is 9.64 Å².